The number of hydrogen-bond donors (Lipinski definition) is 2. The molecule has 0 aromatic heterocycles. The van der Waals surface area contributed by atoms with Gasteiger partial charge in [0.2, 0.25) is 0 Å². The first-order chi connectivity index (χ1) is 14.8. The highest BCUT2D eigenvalue weighted by molar-refractivity contribution is 7.92. The molecule has 0 saturated carbocycles. The van der Waals surface area contributed by atoms with Crippen molar-refractivity contribution in [3.63, 3.8) is 0 Å². The average molecular weight is 443 g/mol. The van der Waals surface area contributed by atoms with Crippen LogP contribution in [0.3, 0.4) is 0 Å². The third kappa shape index (κ3) is 5.61. The second-order valence-electron chi connectivity index (χ2n) is 6.92. The quantitative estimate of drug-likeness (QED) is 0.554. The lowest BCUT2D eigenvalue weighted by atomic mass is 10.1. The third-order valence-corrected chi connectivity index (χ3v) is 6.08. The van der Waals surface area contributed by atoms with Gasteiger partial charge in [0.05, 0.1) is 12.0 Å². The number of halogens is 1. The number of sulfonamides is 1. The van der Waals surface area contributed by atoms with Crippen molar-refractivity contribution in [1.82, 2.24) is 5.32 Å². The summed E-state index contributed by atoms with van der Waals surface area (Å²) in [5.74, 6) is -0.191. The minimum absolute atomic E-state index is 0.192. The first-order valence-electron chi connectivity index (χ1n) is 9.59. The van der Waals surface area contributed by atoms with Crippen LogP contribution in [0.5, 0.6) is 5.75 Å². The Balaban J connectivity index is 1.66. The van der Waals surface area contributed by atoms with Gasteiger partial charge in [-0.25, -0.2) is 12.8 Å². The second-order valence-corrected chi connectivity index (χ2v) is 8.60. The lowest BCUT2D eigenvalue weighted by Gasteiger charge is -2.11. The van der Waals surface area contributed by atoms with E-state index in [0.717, 1.165) is 17.4 Å². The van der Waals surface area contributed by atoms with Gasteiger partial charge in [0, 0.05) is 17.8 Å². The number of anilines is 1. The standard InChI is InChI=1S/C23H23FN2O4S/c1-16-10-11-20(15-21(16)24)31(28,29)26-19-8-5-7-18(14-19)23(27)25-13-12-17-6-3-4-9-22(17)30-2/h3-11,14-15,26H,12-13H2,1-2H3,(H,25,27). The molecule has 162 valence electrons. The van der Waals surface area contributed by atoms with Crippen molar-refractivity contribution >= 4 is 21.6 Å². The van der Waals surface area contributed by atoms with Crippen molar-refractivity contribution in [3.8, 4) is 5.75 Å². The number of benzene rings is 3. The molecule has 0 radical (unpaired) electrons. The van der Waals surface area contributed by atoms with Crippen LogP contribution in [0, 0.1) is 12.7 Å². The van der Waals surface area contributed by atoms with Crippen LogP contribution in [0.25, 0.3) is 0 Å². The first-order valence-corrected chi connectivity index (χ1v) is 11.1. The zero-order valence-electron chi connectivity index (χ0n) is 17.2. The maximum absolute atomic E-state index is 13.8. The summed E-state index contributed by atoms with van der Waals surface area (Å²) in [5.41, 5.74) is 1.83. The number of rotatable bonds is 8. The molecule has 0 aliphatic heterocycles. The molecule has 0 spiro atoms. The normalized spacial score (nSPS) is 11.1. The summed E-state index contributed by atoms with van der Waals surface area (Å²) in [7, 11) is -2.40. The Kier molecular flexibility index (Phi) is 6.91. The molecule has 31 heavy (non-hydrogen) atoms. The van der Waals surface area contributed by atoms with Crippen LogP contribution in [0.4, 0.5) is 10.1 Å². The van der Waals surface area contributed by atoms with E-state index in [4.69, 9.17) is 4.74 Å². The molecule has 0 aliphatic carbocycles. The average Bonchev–Trinajstić information content (AvgIpc) is 2.75. The molecular weight excluding hydrogens is 419 g/mol. The summed E-state index contributed by atoms with van der Waals surface area (Å²) in [6.07, 6.45) is 0.584. The molecule has 0 heterocycles. The molecule has 8 heteroatoms. The van der Waals surface area contributed by atoms with E-state index in [1.165, 1.54) is 24.3 Å². The van der Waals surface area contributed by atoms with Gasteiger partial charge >= 0.3 is 0 Å². The fourth-order valence-electron chi connectivity index (χ4n) is 3.00. The molecule has 0 bridgehead atoms. The molecule has 1 amide bonds. The molecule has 3 rings (SSSR count). The van der Waals surface area contributed by atoms with Crippen LogP contribution in [-0.2, 0) is 16.4 Å². The van der Waals surface area contributed by atoms with Crippen molar-refractivity contribution in [1.29, 1.82) is 0 Å². The molecule has 2 N–H and O–H groups in total. The summed E-state index contributed by atoms with van der Waals surface area (Å²) in [6.45, 7) is 1.94. The number of nitrogens with one attached hydrogen (secondary N) is 2. The molecule has 0 aliphatic rings. The summed E-state index contributed by atoms with van der Waals surface area (Å²) in [4.78, 5) is 12.3. The van der Waals surface area contributed by atoms with Gasteiger partial charge in [-0.3, -0.25) is 9.52 Å². The number of ether oxygens (including phenoxy) is 1. The van der Waals surface area contributed by atoms with Gasteiger partial charge in [-0.1, -0.05) is 30.3 Å². The van der Waals surface area contributed by atoms with Crippen LogP contribution < -0.4 is 14.8 Å². The van der Waals surface area contributed by atoms with Crippen LogP contribution in [-0.4, -0.2) is 28.0 Å². The van der Waals surface area contributed by atoms with Gasteiger partial charge in [-0.2, -0.15) is 0 Å². The van der Waals surface area contributed by atoms with E-state index in [-0.39, 0.29) is 16.5 Å². The van der Waals surface area contributed by atoms with Crippen LogP contribution >= 0.6 is 0 Å². The Hall–Kier alpha value is -3.39. The van der Waals surface area contributed by atoms with Crippen LogP contribution in [0.2, 0.25) is 0 Å². The third-order valence-electron chi connectivity index (χ3n) is 4.70. The summed E-state index contributed by atoms with van der Waals surface area (Å²) < 4.78 is 46.5. The fourth-order valence-corrected chi connectivity index (χ4v) is 4.06. The molecule has 6 nitrogen and oxygen atoms in total. The summed E-state index contributed by atoms with van der Waals surface area (Å²) in [6, 6.07) is 17.4. The highest BCUT2D eigenvalue weighted by Gasteiger charge is 2.17. The number of aryl methyl sites for hydroxylation is 1. The number of carbonyl (C=O) groups excluding carboxylic acids is 1. The highest BCUT2D eigenvalue weighted by Crippen LogP contribution is 2.20. The van der Waals surface area contributed by atoms with Gasteiger partial charge in [0.15, 0.2) is 0 Å². The lowest BCUT2D eigenvalue weighted by Crippen LogP contribution is -2.26. The van der Waals surface area contributed by atoms with Crippen molar-refractivity contribution in [2.45, 2.75) is 18.2 Å². The largest absolute Gasteiger partial charge is 0.496 e. The van der Waals surface area contributed by atoms with Crippen LogP contribution in [0.15, 0.2) is 71.6 Å². The summed E-state index contributed by atoms with van der Waals surface area (Å²) >= 11 is 0. The maximum atomic E-state index is 13.8. The van der Waals surface area contributed by atoms with E-state index in [2.05, 4.69) is 10.0 Å². The van der Waals surface area contributed by atoms with Gasteiger partial charge in [0.1, 0.15) is 11.6 Å². The maximum Gasteiger partial charge on any atom is 0.261 e. The van der Waals surface area contributed by atoms with Crippen LogP contribution in [0.1, 0.15) is 21.5 Å². The second kappa shape index (κ2) is 9.61. The summed E-state index contributed by atoms with van der Waals surface area (Å²) in [5, 5.41) is 2.81. The zero-order chi connectivity index (χ0) is 22.4. The molecule has 3 aromatic carbocycles. The Morgan fingerprint density at radius 3 is 2.55 bits per heavy atom. The Bertz CT molecular complexity index is 1200. The zero-order valence-corrected chi connectivity index (χ0v) is 18.0. The monoisotopic (exact) mass is 442 g/mol. The van der Waals surface area contributed by atoms with Gasteiger partial charge < -0.3 is 10.1 Å². The first kappa shape index (κ1) is 22.3. The number of hydrogen-bond acceptors (Lipinski definition) is 4. The number of para-hydroxylation sites is 1. The SMILES string of the molecule is COc1ccccc1CCNC(=O)c1cccc(NS(=O)(=O)c2ccc(C)c(F)c2)c1. The number of methoxy groups -OCH3 is 1. The molecule has 0 saturated heterocycles. The molecule has 0 unspecified atom stereocenters. The van der Waals surface area contributed by atoms with Crippen molar-refractivity contribution in [3.05, 3.63) is 89.2 Å². The Labute approximate surface area is 181 Å². The Morgan fingerprint density at radius 2 is 1.81 bits per heavy atom. The Morgan fingerprint density at radius 1 is 1.03 bits per heavy atom. The van der Waals surface area contributed by atoms with Crippen molar-refractivity contribution < 1.29 is 22.3 Å². The fraction of sp³-hybridized carbons (Fsp3) is 0.174. The van der Waals surface area contributed by atoms with E-state index in [1.54, 1.807) is 26.2 Å². The number of amides is 1. The predicted octanol–water partition coefficient (Wildman–Crippen LogP) is 3.92. The van der Waals surface area contributed by atoms with Gasteiger partial charge in [-0.05, 0) is 60.9 Å². The van der Waals surface area contributed by atoms with E-state index in [1.807, 2.05) is 24.3 Å². The number of carbonyl (C=O) groups is 1. The van der Waals surface area contributed by atoms with Gasteiger partial charge in [0.25, 0.3) is 15.9 Å². The predicted molar refractivity (Wildman–Crippen MR) is 117 cm³/mol. The smallest absolute Gasteiger partial charge is 0.261 e. The van der Waals surface area contributed by atoms with Crippen molar-refractivity contribution in [2.75, 3.05) is 18.4 Å². The van der Waals surface area contributed by atoms with E-state index in [0.29, 0.717) is 24.1 Å². The molecule has 0 fully saturated rings. The van der Waals surface area contributed by atoms with Gasteiger partial charge in [-0.15, -0.1) is 0 Å². The van der Waals surface area contributed by atoms with Crippen molar-refractivity contribution in [2.24, 2.45) is 0 Å². The molecule has 3 aromatic rings. The minimum atomic E-state index is -3.99. The van der Waals surface area contributed by atoms with E-state index < -0.39 is 15.8 Å². The highest BCUT2D eigenvalue weighted by atomic mass is 32.2. The van der Waals surface area contributed by atoms with E-state index >= 15 is 0 Å². The topological polar surface area (TPSA) is 84.5 Å². The molecule has 0 atom stereocenters. The minimum Gasteiger partial charge on any atom is -0.496 e. The van der Waals surface area contributed by atoms with E-state index in [9.17, 15) is 17.6 Å². The molecular formula is C23H23FN2O4S. The lowest BCUT2D eigenvalue weighted by molar-refractivity contribution is 0.0954.